The molecule has 1 atom stereocenters. The number of hydrogen-bond acceptors (Lipinski definition) is 1. The third-order valence-corrected chi connectivity index (χ3v) is 2.96. The lowest BCUT2D eigenvalue weighted by molar-refractivity contribution is 0.430. The molecule has 0 aliphatic rings. The molecule has 0 aliphatic carbocycles. The summed E-state index contributed by atoms with van der Waals surface area (Å²) in [7, 11) is 0. The fraction of sp³-hybridized carbons (Fsp3) is 0.571. The molecule has 1 rings (SSSR count). The Kier molecular flexibility index (Phi) is 4.83. The Morgan fingerprint density at radius 2 is 1.93 bits per heavy atom. The van der Waals surface area contributed by atoms with Crippen molar-refractivity contribution >= 4 is 0 Å². The van der Waals surface area contributed by atoms with E-state index in [1.165, 1.54) is 11.1 Å². The normalized spacial score (nSPS) is 13.1. The fourth-order valence-corrected chi connectivity index (χ4v) is 1.55. The van der Waals surface area contributed by atoms with E-state index in [2.05, 4.69) is 57.3 Å². The van der Waals surface area contributed by atoms with Gasteiger partial charge >= 0.3 is 0 Å². The van der Waals surface area contributed by atoms with E-state index in [1.54, 1.807) is 0 Å². The molecule has 0 radical (unpaired) electrons. The SMILES string of the molecule is Cc1cccc(CCN[C@H](C)C(C)C)c1. The first-order valence-electron chi connectivity index (χ1n) is 5.88. The van der Waals surface area contributed by atoms with Crippen molar-refractivity contribution in [3.05, 3.63) is 35.4 Å². The van der Waals surface area contributed by atoms with Gasteiger partial charge in [-0.1, -0.05) is 43.7 Å². The van der Waals surface area contributed by atoms with Gasteiger partial charge < -0.3 is 5.32 Å². The maximum atomic E-state index is 3.55. The highest BCUT2D eigenvalue weighted by molar-refractivity contribution is 5.22. The lowest BCUT2D eigenvalue weighted by Crippen LogP contribution is -2.32. The molecule has 15 heavy (non-hydrogen) atoms. The quantitative estimate of drug-likeness (QED) is 0.778. The van der Waals surface area contributed by atoms with Gasteiger partial charge in [0.1, 0.15) is 0 Å². The molecule has 1 aromatic rings. The summed E-state index contributed by atoms with van der Waals surface area (Å²) in [6.45, 7) is 9.98. The molecule has 0 saturated heterocycles. The van der Waals surface area contributed by atoms with Crippen LogP contribution >= 0.6 is 0 Å². The second-order valence-corrected chi connectivity index (χ2v) is 4.73. The van der Waals surface area contributed by atoms with E-state index in [0.29, 0.717) is 12.0 Å². The number of aryl methyl sites for hydroxylation is 1. The van der Waals surface area contributed by atoms with E-state index in [9.17, 15) is 0 Å². The zero-order chi connectivity index (χ0) is 11.3. The van der Waals surface area contributed by atoms with Crippen LogP contribution in [0.4, 0.5) is 0 Å². The standard InChI is InChI=1S/C14H23N/c1-11(2)13(4)15-9-8-14-7-5-6-12(3)10-14/h5-7,10-11,13,15H,8-9H2,1-4H3/t13-/m1/s1. The van der Waals surface area contributed by atoms with E-state index in [1.807, 2.05) is 0 Å². The predicted molar refractivity (Wildman–Crippen MR) is 67.2 cm³/mol. The van der Waals surface area contributed by atoms with Crippen molar-refractivity contribution in [2.24, 2.45) is 5.92 Å². The first-order valence-corrected chi connectivity index (χ1v) is 5.88. The molecule has 0 aliphatic heterocycles. The first-order chi connectivity index (χ1) is 7.09. The second-order valence-electron chi connectivity index (χ2n) is 4.73. The summed E-state index contributed by atoms with van der Waals surface area (Å²) in [5, 5.41) is 3.55. The van der Waals surface area contributed by atoms with Crippen LogP contribution in [0.2, 0.25) is 0 Å². The molecule has 84 valence electrons. The van der Waals surface area contributed by atoms with E-state index >= 15 is 0 Å². The van der Waals surface area contributed by atoms with E-state index < -0.39 is 0 Å². The lowest BCUT2D eigenvalue weighted by Gasteiger charge is -2.17. The van der Waals surface area contributed by atoms with Crippen LogP contribution in [0.15, 0.2) is 24.3 Å². The summed E-state index contributed by atoms with van der Waals surface area (Å²) in [6.07, 6.45) is 1.12. The highest BCUT2D eigenvalue weighted by atomic mass is 14.9. The van der Waals surface area contributed by atoms with Gasteiger partial charge in [-0.15, -0.1) is 0 Å². The highest BCUT2D eigenvalue weighted by Crippen LogP contribution is 2.05. The molecular weight excluding hydrogens is 182 g/mol. The van der Waals surface area contributed by atoms with Crippen LogP contribution in [0.3, 0.4) is 0 Å². The summed E-state index contributed by atoms with van der Waals surface area (Å²) < 4.78 is 0. The number of benzene rings is 1. The Morgan fingerprint density at radius 1 is 1.20 bits per heavy atom. The van der Waals surface area contributed by atoms with Crippen LogP contribution in [-0.4, -0.2) is 12.6 Å². The molecule has 1 aromatic carbocycles. The molecule has 1 N–H and O–H groups in total. The summed E-state index contributed by atoms with van der Waals surface area (Å²) in [4.78, 5) is 0. The summed E-state index contributed by atoms with van der Waals surface area (Å²) in [5.41, 5.74) is 2.78. The zero-order valence-corrected chi connectivity index (χ0v) is 10.4. The second kappa shape index (κ2) is 5.92. The molecule has 0 amide bonds. The number of hydrogen-bond donors (Lipinski definition) is 1. The Bertz CT molecular complexity index is 291. The average molecular weight is 205 g/mol. The van der Waals surface area contributed by atoms with Gasteiger partial charge in [-0.3, -0.25) is 0 Å². The largest absolute Gasteiger partial charge is 0.314 e. The topological polar surface area (TPSA) is 12.0 Å². The van der Waals surface area contributed by atoms with E-state index in [4.69, 9.17) is 0 Å². The zero-order valence-electron chi connectivity index (χ0n) is 10.4. The van der Waals surface area contributed by atoms with Crippen molar-refractivity contribution in [3.8, 4) is 0 Å². The molecule has 0 saturated carbocycles. The molecule has 1 nitrogen and oxygen atoms in total. The van der Waals surface area contributed by atoms with Gasteiger partial charge in [0, 0.05) is 6.04 Å². The lowest BCUT2D eigenvalue weighted by atomic mass is 10.1. The Labute approximate surface area is 93.9 Å². The van der Waals surface area contributed by atoms with Crippen LogP contribution in [0, 0.1) is 12.8 Å². The predicted octanol–water partition coefficient (Wildman–Crippen LogP) is 3.17. The number of nitrogens with one attached hydrogen (secondary N) is 1. The maximum absolute atomic E-state index is 3.55. The van der Waals surface area contributed by atoms with Gasteiger partial charge in [-0.25, -0.2) is 0 Å². The molecule has 0 fully saturated rings. The van der Waals surface area contributed by atoms with Crippen molar-refractivity contribution in [1.29, 1.82) is 0 Å². The average Bonchev–Trinajstić information content (AvgIpc) is 2.17. The van der Waals surface area contributed by atoms with Crippen LogP contribution < -0.4 is 5.32 Å². The van der Waals surface area contributed by atoms with Gasteiger partial charge in [0.15, 0.2) is 0 Å². The van der Waals surface area contributed by atoms with Crippen LogP contribution in [0.25, 0.3) is 0 Å². The fourth-order valence-electron chi connectivity index (χ4n) is 1.55. The van der Waals surface area contributed by atoms with Crippen LogP contribution in [0.5, 0.6) is 0 Å². The summed E-state index contributed by atoms with van der Waals surface area (Å²) in [5.74, 6) is 0.711. The smallest absolute Gasteiger partial charge is 0.00618 e. The Morgan fingerprint density at radius 3 is 2.53 bits per heavy atom. The van der Waals surface area contributed by atoms with Crippen molar-refractivity contribution in [2.75, 3.05) is 6.54 Å². The van der Waals surface area contributed by atoms with E-state index in [-0.39, 0.29) is 0 Å². The van der Waals surface area contributed by atoms with Gasteiger partial charge in [-0.05, 0) is 38.3 Å². The Hall–Kier alpha value is -0.820. The highest BCUT2D eigenvalue weighted by Gasteiger charge is 2.04. The molecule has 0 spiro atoms. The third kappa shape index (κ3) is 4.48. The first kappa shape index (κ1) is 12.3. The van der Waals surface area contributed by atoms with Crippen molar-refractivity contribution in [1.82, 2.24) is 5.32 Å². The number of rotatable bonds is 5. The van der Waals surface area contributed by atoms with Crippen molar-refractivity contribution in [2.45, 2.75) is 40.2 Å². The van der Waals surface area contributed by atoms with E-state index in [0.717, 1.165) is 13.0 Å². The summed E-state index contributed by atoms with van der Waals surface area (Å²) >= 11 is 0. The van der Waals surface area contributed by atoms with Crippen molar-refractivity contribution < 1.29 is 0 Å². The van der Waals surface area contributed by atoms with Crippen LogP contribution in [-0.2, 0) is 6.42 Å². The molecule has 0 bridgehead atoms. The molecule has 0 unspecified atom stereocenters. The van der Waals surface area contributed by atoms with Crippen LogP contribution in [0.1, 0.15) is 31.9 Å². The van der Waals surface area contributed by atoms with Gasteiger partial charge in [0.2, 0.25) is 0 Å². The molecular formula is C14H23N. The molecule has 0 aromatic heterocycles. The third-order valence-electron chi connectivity index (χ3n) is 2.96. The Balaban J connectivity index is 2.32. The van der Waals surface area contributed by atoms with Gasteiger partial charge in [-0.2, -0.15) is 0 Å². The molecule has 0 heterocycles. The van der Waals surface area contributed by atoms with Gasteiger partial charge in [0.25, 0.3) is 0 Å². The van der Waals surface area contributed by atoms with Crippen molar-refractivity contribution in [3.63, 3.8) is 0 Å². The van der Waals surface area contributed by atoms with Gasteiger partial charge in [0.05, 0.1) is 0 Å². The maximum Gasteiger partial charge on any atom is 0.00618 e. The minimum atomic E-state index is 0.606. The molecule has 1 heteroatoms. The minimum Gasteiger partial charge on any atom is -0.314 e. The minimum absolute atomic E-state index is 0.606. The summed E-state index contributed by atoms with van der Waals surface area (Å²) in [6, 6.07) is 9.36. The monoisotopic (exact) mass is 205 g/mol.